The van der Waals surface area contributed by atoms with E-state index < -0.39 is 16.1 Å². The molecule has 0 spiro atoms. The predicted octanol–water partition coefficient (Wildman–Crippen LogP) is 17.3. The van der Waals surface area contributed by atoms with Crippen molar-refractivity contribution in [3.63, 3.8) is 0 Å². The highest BCUT2D eigenvalue weighted by Crippen LogP contribution is 2.63. The van der Waals surface area contributed by atoms with Crippen molar-refractivity contribution in [1.82, 2.24) is 0 Å². The Morgan fingerprint density at radius 1 is 0.333 bits per heavy atom. The van der Waals surface area contributed by atoms with Crippen LogP contribution in [0.5, 0.6) is 0 Å². The first-order valence-corrected chi connectivity index (χ1v) is 29.6. The lowest BCUT2D eigenvalue weighted by Crippen LogP contribution is -2.63. The molecule has 4 heteroatoms. The van der Waals surface area contributed by atoms with Crippen LogP contribution in [0.1, 0.15) is 33.4 Å². The average molecular weight is 851 g/mol. The Balaban J connectivity index is 1.27. The van der Waals surface area contributed by atoms with E-state index in [2.05, 4.69) is 247 Å². The molecule has 0 bridgehead atoms. The van der Waals surface area contributed by atoms with Crippen molar-refractivity contribution in [3.8, 4) is 11.1 Å². The molecule has 0 fully saturated rings. The molecule has 312 valence electrons. The Labute approximate surface area is 376 Å². The molecule has 63 heavy (non-hydrogen) atoms. The Hall–Kier alpha value is -6.21. The van der Waals surface area contributed by atoms with E-state index in [1.54, 1.807) is 11.1 Å². The van der Waals surface area contributed by atoms with Gasteiger partial charge in [0.2, 0.25) is 0 Å². The summed E-state index contributed by atoms with van der Waals surface area (Å²) in [4.78, 5) is 4.88. The van der Waals surface area contributed by atoms with Crippen LogP contribution >= 0.6 is 0 Å². The number of hydrogen-bond donors (Lipinski definition) is 0. The molecule has 10 rings (SSSR count). The summed E-state index contributed by atoms with van der Waals surface area (Å²) in [7, 11) is -4.20. The monoisotopic (exact) mass is 850 g/mol. The highest BCUT2D eigenvalue weighted by molar-refractivity contribution is 7.00. The number of fused-ring (bicyclic) bond motifs is 10. The molecule has 0 heterocycles. The van der Waals surface area contributed by atoms with Crippen molar-refractivity contribution in [2.75, 3.05) is 9.80 Å². The number of benzene rings is 9. The minimum atomic E-state index is -2.10. The number of para-hydroxylation sites is 2. The molecule has 0 unspecified atom stereocenters. The van der Waals surface area contributed by atoms with Crippen LogP contribution in [0.25, 0.3) is 43.4 Å². The minimum absolute atomic E-state index is 0.0883. The fourth-order valence-electron chi connectivity index (χ4n) is 12.0. The maximum absolute atomic E-state index is 2.65. The van der Waals surface area contributed by atoms with Gasteiger partial charge in [-0.1, -0.05) is 136 Å². The molecule has 1 aliphatic rings. The summed E-state index contributed by atoms with van der Waals surface area (Å²) in [6.07, 6.45) is 0. The van der Waals surface area contributed by atoms with Crippen molar-refractivity contribution in [3.05, 3.63) is 203 Å². The second-order valence-corrected chi connectivity index (χ2v) is 31.2. The van der Waals surface area contributed by atoms with E-state index in [4.69, 9.17) is 0 Å². The third-order valence-electron chi connectivity index (χ3n) is 13.8. The zero-order valence-electron chi connectivity index (χ0n) is 38.6. The van der Waals surface area contributed by atoms with Crippen molar-refractivity contribution in [2.24, 2.45) is 0 Å². The van der Waals surface area contributed by atoms with E-state index in [0.717, 1.165) is 11.4 Å². The molecule has 0 aromatic heterocycles. The maximum Gasteiger partial charge on any atom is 0.0579 e. The van der Waals surface area contributed by atoms with Crippen LogP contribution in [0.3, 0.4) is 0 Å². The van der Waals surface area contributed by atoms with Gasteiger partial charge in [0.05, 0.1) is 16.1 Å². The van der Waals surface area contributed by atoms with Gasteiger partial charge in [0.15, 0.2) is 0 Å². The molecule has 0 N–H and O–H groups in total. The SMILES string of the molecule is Cc1cc(C)cc(N(c2ccccc2)c2ccc3c4c(ccc3c2)-c2c(c3ccc(N(c5ccccc5)c5cc(C)cc(C)c5)cc3c3ccccc23)C4([Si](C)(C)C)[Si](C)(C)C)c1. The molecule has 1 aliphatic carbocycles. The van der Waals surface area contributed by atoms with Gasteiger partial charge in [-0.25, -0.2) is 0 Å². The summed E-state index contributed by atoms with van der Waals surface area (Å²) in [5.41, 5.74) is 18.1. The van der Waals surface area contributed by atoms with Gasteiger partial charge >= 0.3 is 0 Å². The van der Waals surface area contributed by atoms with E-state index in [9.17, 15) is 0 Å². The van der Waals surface area contributed by atoms with Gasteiger partial charge in [-0.05, 0) is 177 Å². The first kappa shape index (κ1) is 40.8. The van der Waals surface area contributed by atoms with Crippen LogP contribution in [0, 0.1) is 27.7 Å². The second-order valence-electron chi connectivity index (χ2n) is 20.2. The number of nitrogens with zero attached hydrogens (tertiary/aromatic N) is 2. The fraction of sp³-hybridized carbons (Fsp3) is 0.186. The Kier molecular flexibility index (Phi) is 9.70. The van der Waals surface area contributed by atoms with Gasteiger partial charge in [0.1, 0.15) is 0 Å². The summed E-state index contributed by atoms with van der Waals surface area (Å²) in [6.45, 7) is 24.7. The summed E-state index contributed by atoms with van der Waals surface area (Å²) < 4.78 is -0.0883. The third kappa shape index (κ3) is 6.48. The van der Waals surface area contributed by atoms with Crippen LogP contribution < -0.4 is 9.80 Å². The largest absolute Gasteiger partial charge is 0.310 e. The maximum atomic E-state index is 2.65. The Morgan fingerprint density at radius 2 is 0.794 bits per heavy atom. The Morgan fingerprint density at radius 3 is 1.30 bits per heavy atom. The molecule has 0 amide bonds. The lowest BCUT2D eigenvalue weighted by Gasteiger charge is -2.52. The normalized spacial score (nSPS) is 13.4. The molecule has 0 aliphatic heterocycles. The molecule has 9 aromatic carbocycles. The van der Waals surface area contributed by atoms with Gasteiger partial charge in [0.25, 0.3) is 0 Å². The smallest absolute Gasteiger partial charge is 0.0579 e. The minimum Gasteiger partial charge on any atom is -0.310 e. The molecule has 0 radical (unpaired) electrons. The quantitative estimate of drug-likeness (QED) is 0.111. The molecular weight excluding hydrogens is 793 g/mol. The van der Waals surface area contributed by atoms with Gasteiger partial charge in [0, 0.05) is 38.8 Å². The topological polar surface area (TPSA) is 6.48 Å². The van der Waals surface area contributed by atoms with E-state index in [-0.39, 0.29) is 4.66 Å². The zero-order valence-corrected chi connectivity index (χ0v) is 40.6. The predicted molar refractivity (Wildman–Crippen MR) is 280 cm³/mol. The number of hydrogen-bond acceptors (Lipinski definition) is 2. The zero-order chi connectivity index (χ0) is 44.0. The van der Waals surface area contributed by atoms with Gasteiger partial charge in [-0.2, -0.15) is 0 Å². The standard InChI is InChI=1S/C59H58N2Si2/c1-39-31-40(2)34-48(33-39)60(44-19-13-11-14-20-44)46-26-29-50-43(37-46)25-28-54-56-52-24-18-17-23-51(52)55-38-47(61(45-21-15-12-16-22-45)49-35-41(3)32-42(4)36-49)27-30-53(55)58(56)59(57(50)54,62(5,6)7)63(8,9)10/h11-38H,1-10H3. The van der Waals surface area contributed by atoms with Crippen LogP contribution in [-0.2, 0) is 4.66 Å². The van der Waals surface area contributed by atoms with Crippen molar-refractivity contribution < 1.29 is 0 Å². The molecule has 9 aromatic rings. The van der Waals surface area contributed by atoms with Gasteiger partial charge < -0.3 is 9.80 Å². The van der Waals surface area contributed by atoms with Crippen molar-refractivity contribution >= 4 is 82.6 Å². The molecule has 0 saturated carbocycles. The summed E-state index contributed by atoms with van der Waals surface area (Å²) in [5, 5.41) is 8.10. The lowest BCUT2D eigenvalue weighted by atomic mass is 9.91. The van der Waals surface area contributed by atoms with E-state index in [1.165, 1.54) is 88.4 Å². The summed E-state index contributed by atoms with van der Waals surface area (Å²) >= 11 is 0. The van der Waals surface area contributed by atoms with Gasteiger partial charge in [-0.15, -0.1) is 0 Å². The van der Waals surface area contributed by atoms with Crippen LogP contribution in [0.15, 0.2) is 170 Å². The first-order chi connectivity index (χ1) is 30.2. The number of anilines is 6. The summed E-state index contributed by atoms with van der Waals surface area (Å²) in [5.74, 6) is 0. The van der Waals surface area contributed by atoms with Gasteiger partial charge in [-0.3, -0.25) is 0 Å². The fourth-order valence-corrected chi connectivity index (χ4v) is 25.1. The second kappa shape index (κ2) is 15.0. The molecule has 0 saturated heterocycles. The van der Waals surface area contributed by atoms with Crippen LogP contribution in [0.2, 0.25) is 39.3 Å². The Bertz CT molecular complexity index is 3190. The number of aryl methyl sites for hydroxylation is 4. The van der Waals surface area contributed by atoms with Crippen molar-refractivity contribution in [1.29, 1.82) is 0 Å². The highest BCUT2D eigenvalue weighted by Gasteiger charge is 2.60. The summed E-state index contributed by atoms with van der Waals surface area (Å²) in [6, 6.07) is 64.4. The van der Waals surface area contributed by atoms with E-state index in [1.807, 2.05) is 0 Å². The molecule has 0 atom stereocenters. The van der Waals surface area contributed by atoms with Crippen LogP contribution in [-0.4, -0.2) is 16.1 Å². The molecular formula is C59H58N2Si2. The first-order valence-electron chi connectivity index (χ1n) is 22.6. The third-order valence-corrected chi connectivity index (χ3v) is 23.8. The van der Waals surface area contributed by atoms with Crippen LogP contribution in [0.4, 0.5) is 34.1 Å². The van der Waals surface area contributed by atoms with Crippen molar-refractivity contribution in [2.45, 2.75) is 71.6 Å². The highest BCUT2D eigenvalue weighted by atomic mass is 28.4. The van der Waals surface area contributed by atoms with E-state index >= 15 is 0 Å². The lowest BCUT2D eigenvalue weighted by molar-refractivity contribution is 0.973. The van der Waals surface area contributed by atoms with E-state index in [0.29, 0.717) is 0 Å². The average Bonchev–Trinajstić information content (AvgIpc) is 3.58. The molecule has 2 nitrogen and oxygen atoms in total. The number of rotatable bonds is 8.